The Hall–Kier alpha value is -1.55. The van der Waals surface area contributed by atoms with Gasteiger partial charge in [0.25, 0.3) is 0 Å². The lowest BCUT2D eigenvalue weighted by Crippen LogP contribution is -2.29. The van der Waals surface area contributed by atoms with Crippen LogP contribution in [0.5, 0.6) is 0 Å². The second-order valence-corrected chi connectivity index (χ2v) is 15.1. The molecule has 1 unspecified atom stereocenters. The molecule has 300 valence electrons. The first kappa shape index (κ1) is 49.5. The van der Waals surface area contributed by atoms with E-state index in [1.165, 1.54) is 77.0 Å². The van der Waals surface area contributed by atoms with Crippen LogP contribution in [-0.4, -0.2) is 65.7 Å². The molecule has 10 nitrogen and oxygen atoms in total. The van der Waals surface area contributed by atoms with Crippen molar-refractivity contribution in [2.24, 2.45) is 0 Å². The number of hydrogen-bond acceptors (Lipinski definition) is 9. The van der Waals surface area contributed by atoms with Crippen LogP contribution in [0.1, 0.15) is 181 Å². The van der Waals surface area contributed by atoms with Crippen molar-refractivity contribution >= 4 is 19.8 Å². The van der Waals surface area contributed by atoms with Crippen LogP contribution in [0.3, 0.4) is 0 Å². The Morgan fingerprint density at radius 1 is 0.569 bits per heavy atom. The van der Waals surface area contributed by atoms with Crippen molar-refractivity contribution in [3.63, 3.8) is 0 Å². The van der Waals surface area contributed by atoms with Crippen molar-refractivity contribution < 1.29 is 47.8 Å². The predicted molar refractivity (Wildman–Crippen MR) is 205 cm³/mol. The molecule has 0 aromatic carbocycles. The fraction of sp³-hybridized carbons (Fsp3) is 0.850. The van der Waals surface area contributed by atoms with Gasteiger partial charge in [-0.05, 0) is 64.2 Å². The monoisotopic (exact) mass is 747 g/mol. The molecule has 3 atom stereocenters. The molecule has 0 amide bonds. The number of allylic oxidation sites excluding steroid dienone is 4. The van der Waals surface area contributed by atoms with Gasteiger partial charge in [-0.2, -0.15) is 0 Å². The summed E-state index contributed by atoms with van der Waals surface area (Å²) in [7, 11) is -4.61. The SMILES string of the molecule is CCCCCC/C=C\CCCCCCCCCC(=O)O[C@H](COC(=O)CCCCCCC/C=C\CCCCCC)COP(=O)(O)OC[C@@H](O)CO. The minimum Gasteiger partial charge on any atom is -0.462 e. The molecule has 0 rings (SSSR count). The zero-order valence-electron chi connectivity index (χ0n) is 32.3. The summed E-state index contributed by atoms with van der Waals surface area (Å²) >= 11 is 0. The van der Waals surface area contributed by atoms with Gasteiger partial charge in [-0.3, -0.25) is 18.6 Å². The van der Waals surface area contributed by atoms with E-state index in [0.29, 0.717) is 12.8 Å². The minimum atomic E-state index is -4.61. The van der Waals surface area contributed by atoms with E-state index in [2.05, 4.69) is 42.7 Å². The van der Waals surface area contributed by atoms with Gasteiger partial charge < -0.3 is 24.6 Å². The maximum atomic E-state index is 12.6. The fourth-order valence-electron chi connectivity index (χ4n) is 5.39. The largest absolute Gasteiger partial charge is 0.472 e. The maximum absolute atomic E-state index is 12.6. The van der Waals surface area contributed by atoms with Crippen molar-refractivity contribution in [3.05, 3.63) is 24.3 Å². The number of esters is 2. The summed E-state index contributed by atoms with van der Waals surface area (Å²) in [5.41, 5.74) is 0. The summed E-state index contributed by atoms with van der Waals surface area (Å²) in [5, 5.41) is 18.3. The number of phosphoric ester groups is 1. The molecule has 0 heterocycles. The van der Waals surface area contributed by atoms with E-state index >= 15 is 0 Å². The number of hydrogen-bond donors (Lipinski definition) is 3. The second kappa shape index (κ2) is 36.8. The zero-order chi connectivity index (χ0) is 37.7. The Morgan fingerprint density at radius 3 is 1.41 bits per heavy atom. The molecule has 0 aromatic heterocycles. The van der Waals surface area contributed by atoms with E-state index in [9.17, 15) is 24.2 Å². The molecular weight excluding hydrogens is 671 g/mol. The standard InChI is InChI=1S/C40H75O10P/c1-3-5-7-9-11-13-15-17-18-20-22-24-26-28-30-32-40(44)50-38(36-49-51(45,46)48-34-37(42)33-41)35-47-39(43)31-29-27-25-23-21-19-16-14-12-10-8-6-4-2/h13-16,37-38,41-42H,3-12,17-36H2,1-2H3,(H,45,46)/b15-13-,16-14-/t37-,38+/m0/s1. The van der Waals surface area contributed by atoms with Crippen LogP contribution < -0.4 is 0 Å². The number of aliphatic hydroxyl groups is 2. The van der Waals surface area contributed by atoms with Crippen LogP contribution in [0.25, 0.3) is 0 Å². The minimum absolute atomic E-state index is 0.179. The van der Waals surface area contributed by atoms with Crippen molar-refractivity contribution in [2.75, 3.05) is 26.4 Å². The normalized spacial score (nSPS) is 14.2. The second-order valence-electron chi connectivity index (χ2n) is 13.7. The highest BCUT2D eigenvalue weighted by Gasteiger charge is 2.27. The highest BCUT2D eigenvalue weighted by Crippen LogP contribution is 2.43. The molecule has 0 saturated carbocycles. The predicted octanol–water partition coefficient (Wildman–Crippen LogP) is 10.2. The van der Waals surface area contributed by atoms with E-state index in [0.717, 1.165) is 64.2 Å². The van der Waals surface area contributed by atoms with Crippen LogP contribution in [0.4, 0.5) is 0 Å². The van der Waals surface area contributed by atoms with Gasteiger partial charge in [-0.15, -0.1) is 0 Å². The Balaban J connectivity index is 4.35. The lowest BCUT2D eigenvalue weighted by molar-refractivity contribution is -0.161. The van der Waals surface area contributed by atoms with E-state index in [1.807, 2.05) is 0 Å². The van der Waals surface area contributed by atoms with Crippen LogP contribution in [0, 0.1) is 0 Å². The summed E-state index contributed by atoms with van der Waals surface area (Å²) in [6.45, 7) is 2.33. The van der Waals surface area contributed by atoms with Crippen molar-refractivity contribution in [3.8, 4) is 0 Å². The van der Waals surface area contributed by atoms with Gasteiger partial charge in [0.2, 0.25) is 0 Å². The topological polar surface area (TPSA) is 149 Å². The Labute approximate surface area is 310 Å². The van der Waals surface area contributed by atoms with Crippen LogP contribution >= 0.6 is 7.82 Å². The molecular formula is C40H75O10P. The quantitative estimate of drug-likeness (QED) is 0.0241. The summed E-state index contributed by atoms with van der Waals surface area (Å²) in [6, 6.07) is 0. The molecule has 0 radical (unpaired) electrons. The summed E-state index contributed by atoms with van der Waals surface area (Å²) < 4.78 is 32.6. The molecule has 0 saturated heterocycles. The van der Waals surface area contributed by atoms with Gasteiger partial charge in [-0.25, -0.2) is 4.57 Å². The molecule has 0 spiro atoms. The Morgan fingerprint density at radius 2 is 0.961 bits per heavy atom. The first-order valence-corrected chi connectivity index (χ1v) is 21.8. The molecule has 51 heavy (non-hydrogen) atoms. The summed E-state index contributed by atoms with van der Waals surface area (Å²) in [4.78, 5) is 34.9. The molecule has 0 bridgehead atoms. The molecule has 0 aliphatic heterocycles. The number of carbonyl (C=O) groups excluding carboxylic acids is 2. The third-order valence-corrected chi connectivity index (χ3v) is 9.53. The van der Waals surface area contributed by atoms with Crippen LogP contribution in [0.15, 0.2) is 24.3 Å². The maximum Gasteiger partial charge on any atom is 0.472 e. The highest BCUT2D eigenvalue weighted by atomic mass is 31.2. The number of unbranched alkanes of at least 4 members (excludes halogenated alkanes) is 20. The van der Waals surface area contributed by atoms with E-state index in [4.69, 9.17) is 19.1 Å². The number of rotatable bonds is 38. The van der Waals surface area contributed by atoms with Crippen molar-refractivity contribution in [1.82, 2.24) is 0 Å². The number of carbonyl (C=O) groups is 2. The third-order valence-electron chi connectivity index (χ3n) is 8.58. The lowest BCUT2D eigenvalue weighted by atomic mass is 10.1. The van der Waals surface area contributed by atoms with Crippen LogP contribution in [-0.2, 0) is 32.7 Å². The number of phosphoric acid groups is 1. The first-order valence-electron chi connectivity index (χ1n) is 20.3. The number of ether oxygens (including phenoxy) is 2. The van der Waals surface area contributed by atoms with Crippen LogP contribution in [0.2, 0.25) is 0 Å². The van der Waals surface area contributed by atoms with Gasteiger partial charge in [-0.1, -0.05) is 128 Å². The molecule has 0 fully saturated rings. The Bertz CT molecular complexity index is 910. The smallest absolute Gasteiger partial charge is 0.462 e. The first-order chi connectivity index (χ1) is 24.7. The zero-order valence-corrected chi connectivity index (χ0v) is 33.2. The van der Waals surface area contributed by atoms with Gasteiger partial charge >= 0.3 is 19.8 Å². The molecule has 0 aliphatic rings. The average molecular weight is 747 g/mol. The Kier molecular flexibility index (Phi) is 35.7. The third kappa shape index (κ3) is 36.6. The average Bonchev–Trinajstić information content (AvgIpc) is 3.12. The highest BCUT2D eigenvalue weighted by molar-refractivity contribution is 7.47. The van der Waals surface area contributed by atoms with Gasteiger partial charge in [0.15, 0.2) is 6.10 Å². The number of aliphatic hydroxyl groups excluding tert-OH is 2. The van der Waals surface area contributed by atoms with Crippen molar-refractivity contribution in [2.45, 2.75) is 193 Å². The van der Waals surface area contributed by atoms with Gasteiger partial charge in [0, 0.05) is 12.8 Å². The summed E-state index contributed by atoms with van der Waals surface area (Å²) in [6.07, 6.45) is 34.3. The van der Waals surface area contributed by atoms with E-state index < -0.39 is 51.8 Å². The summed E-state index contributed by atoms with van der Waals surface area (Å²) in [5.74, 6) is -0.938. The molecule has 11 heteroatoms. The van der Waals surface area contributed by atoms with E-state index in [-0.39, 0.29) is 19.4 Å². The fourth-order valence-corrected chi connectivity index (χ4v) is 6.18. The molecule has 0 aromatic rings. The molecule has 3 N–H and O–H groups in total. The molecule has 0 aliphatic carbocycles. The van der Waals surface area contributed by atoms with Crippen molar-refractivity contribution in [1.29, 1.82) is 0 Å². The van der Waals surface area contributed by atoms with Gasteiger partial charge in [0.05, 0.1) is 19.8 Å². The van der Waals surface area contributed by atoms with Gasteiger partial charge in [0.1, 0.15) is 12.7 Å². The van der Waals surface area contributed by atoms with E-state index in [1.54, 1.807) is 0 Å². The lowest BCUT2D eigenvalue weighted by Gasteiger charge is -2.20.